The molecule has 5 heteroatoms. The SMILES string of the molecule is CC1(C)[C@H]2CC[C@@H](CNS(=O)(=O)O)[C@@H]1C2. The standard InChI is InChI=1S/C10H19NO3S/c1-10(2)8-4-3-7(9(10)5-8)6-11-15(12,13)14/h7-9,11H,3-6H2,1-2H3,(H,12,13,14)/t7-,8-,9-/m0/s1. The average Bonchev–Trinajstić information content (AvgIpc) is 2.13. The maximum absolute atomic E-state index is 10.6. The van der Waals surface area contributed by atoms with E-state index in [2.05, 4.69) is 18.6 Å². The van der Waals surface area contributed by atoms with Crippen LogP contribution in [-0.4, -0.2) is 19.5 Å². The molecule has 0 aromatic carbocycles. The number of rotatable bonds is 3. The monoisotopic (exact) mass is 233 g/mol. The Morgan fingerprint density at radius 1 is 1.40 bits per heavy atom. The Hall–Kier alpha value is -0.130. The highest BCUT2D eigenvalue weighted by Gasteiger charge is 2.53. The smallest absolute Gasteiger partial charge is 0.273 e. The van der Waals surface area contributed by atoms with E-state index in [0.717, 1.165) is 12.3 Å². The molecule has 0 heterocycles. The maximum atomic E-state index is 10.6. The Morgan fingerprint density at radius 3 is 2.53 bits per heavy atom. The van der Waals surface area contributed by atoms with Gasteiger partial charge in [-0.05, 0) is 42.4 Å². The van der Waals surface area contributed by atoms with Crippen LogP contribution in [0.3, 0.4) is 0 Å². The molecule has 2 N–H and O–H groups in total. The molecule has 0 amide bonds. The van der Waals surface area contributed by atoms with Crippen LogP contribution in [0.1, 0.15) is 33.1 Å². The van der Waals surface area contributed by atoms with Gasteiger partial charge in [-0.3, -0.25) is 4.55 Å². The van der Waals surface area contributed by atoms with Gasteiger partial charge in [0.2, 0.25) is 0 Å². The van der Waals surface area contributed by atoms with Crippen molar-refractivity contribution in [2.45, 2.75) is 33.1 Å². The van der Waals surface area contributed by atoms with Crippen LogP contribution in [0.5, 0.6) is 0 Å². The highest BCUT2D eigenvalue weighted by molar-refractivity contribution is 7.83. The summed E-state index contributed by atoms with van der Waals surface area (Å²) in [6.07, 6.45) is 3.51. The van der Waals surface area contributed by atoms with Gasteiger partial charge in [-0.25, -0.2) is 0 Å². The molecule has 3 saturated carbocycles. The zero-order chi connectivity index (χ0) is 11.3. The summed E-state index contributed by atoms with van der Waals surface area (Å²) in [5.41, 5.74) is 0.365. The quantitative estimate of drug-likeness (QED) is 0.725. The summed E-state index contributed by atoms with van der Waals surface area (Å²) in [7, 11) is -4.02. The van der Waals surface area contributed by atoms with E-state index < -0.39 is 10.3 Å². The molecule has 88 valence electrons. The van der Waals surface area contributed by atoms with E-state index in [4.69, 9.17) is 4.55 Å². The van der Waals surface area contributed by atoms with Gasteiger partial charge in [-0.2, -0.15) is 13.1 Å². The number of nitrogens with one attached hydrogen (secondary N) is 1. The van der Waals surface area contributed by atoms with Crippen LogP contribution < -0.4 is 4.72 Å². The summed E-state index contributed by atoms with van der Waals surface area (Å²) in [6.45, 7) is 4.93. The third kappa shape index (κ3) is 2.05. The zero-order valence-electron chi connectivity index (χ0n) is 9.23. The second-order valence-electron chi connectivity index (χ2n) is 5.52. The Morgan fingerprint density at radius 2 is 2.07 bits per heavy atom. The molecular weight excluding hydrogens is 214 g/mol. The molecule has 2 bridgehead atoms. The van der Waals surface area contributed by atoms with Crippen molar-refractivity contribution in [1.82, 2.24) is 4.72 Å². The molecule has 0 radical (unpaired) electrons. The average molecular weight is 233 g/mol. The van der Waals surface area contributed by atoms with Crippen LogP contribution in [0.15, 0.2) is 0 Å². The summed E-state index contributed by atoms with van der Waals surface area (Å²) in [5.74, 6) is 1.84. The third-order valence-electron chi connectivity index (χ3n) is 4.53. The highest BCUT2D eigenvalue weighted by atomic mass is 32.2. The summed E-state index contributed by atoms with van der Waals surface area (Å²) >= 11 is 0. The molecular formula is C10H19NO3S. The molecule has 15 heavy (non-hydrogen) atoms. The van der Waals surface area contributed by atoms with E-state index in [-0.39, 0.29) is 0 Å². The first-order chi connectivity index (χ1) is 6.81. The van der Waals surface area contributed by atoms with Gasteiger partial charge in [0.05, 0.1) is 0 Å². The molecule has 0 unspecified atom stereocenters. The first kappa shape index (κ1) is 11.4. The van der Waals surface area contributed by atoms with Gasteiger partial charge < -0.3 is 0 Å². The highest BCUT2D eigenvalue weighted by Crippen LogP contribution is 2.61. The van der Waals surface area contributed by atoms with Crippen molar-refractivity contribution in [1.29, 1.82) is 0 Å². The van der Waals surface area contributed by atoms with Gasteiger partial charge in [0.15, 0.2) is 0 Å². The molecule has 0 saturated heterocycles. The van der Waals surface area contributed by atoms with Crippen molar-refractivity contribution in [3.8, 4) is 0 Å². The predicted octanol–water partition coefficient (Wildman–Crippen LogP) is 1.45. The zero-order valence-corrected chi connectivity index (χ0v) is 10.0. The number of hydrogen-bond donors (Lipinski definition) is 2. The van der Waals surface area contributed by atoms with Gasteiger partial charge in [0, 0.05) is 6.54 Å². The van der Waals surface area contributed by atoms with Crippen molar-refractivity contribution < 1.29 is 13.0 Å². The van der Waals surface area contributed by atoms with E-state index in [1.54, 1.807) is 0 Å². The van der Waals surface area contributed by atoms with Crippen molar-refractivity contribution in [2.24, 2.45) is 23.2 Å². The molecule has 0 aliphatic heterocycles. The van der Waals surface area contributed by atoms with Gasteiger partial charge in [0.1, 0.15) is 0 Å². The minimum atomic E-state index is -4.02. The van der Waals surface area contributed by atoms with E-state index >= 15 is 0 Å². The first-order valence-electron chi connectivity index (χ1n) is 5.53. The summed E-state index contributed by atoms with van der Waals surface area (Å²) in [6, 6.07) is 0. The fraction of sp³-hybridized carbons (Fsp3) is 1.00. The van der Waals surface area contributed by atoms with Crippen LogP contribution in [0.4, 0.5) is 0 Å². The number of hydrogen-bond acceptors (Lipinski definition) is 2. The van der Waals surface area contributed by atoms with Gasteiger partial charge in [0.25, 0.3) is 0 Å². The lowest BCUT2D eigenvalue weighted by atomic mass is 9.45. The molecule has 0 aromatic rings. The van der Waals surface area contributed by atoms with E-state index in [0.29, 0.717) is 23.8 Å². The largest absolute Gasteiger partial charge is 0.333 e. The fourth-order valence-electron chi connectivity index (χ4n) is 3.42. The second kappa shape index (κ2) is 3.43. The van der Waals surface area contributed by atoms with Gasteiger partial charge in [-0.1, -0.05) is 13.8 Å². The Labute approximate surface area is 91.3 Å². The maximum Gasteiger partial charge on any atom is 0.333 e. The minimum Gasteiger partial charge on any atom is -0.273 e. The van der Waals surface area contributed by atoms with Crippen molar-refractivity contribution in [3.63, 3.8) is 0 Å². The van der Waals surface area contributed by atoms with Crippen LogP contribution in [-0.2, 0) is 10.3 Å². The van der Waals surface area contributed by atoms with Gasteiger partial charge in [-0.15, -0.1) is 0 Å². The van der Waals surface area contributed by atoms with Crippen LogP contribution in [0.2, 0.25) is 0 Å². The lowest BCUT2D eigenvalue weighted by Crippen LogP contribution is -2.54. The molecule has 3 aliphatic carbocycles. The predicted molar refractivity (Wildman–Crippen MR) is 57.7 cm³/mol. The normalized spacial score (nSPS) is 38.5. The van der Waals surface area contributed by atoms with Crippen LogP contribution >= 0.6 is 0 Å². The molecule has 3 aliphatic rings. The Bertz CT molecular complexity index is 348. The molecule has 4 nitrogen and oxygen atoms in total. The fourth-order valence-corrected chi connectivity index (χ4v) is 3.84. The summed E-state index contributed by atoms with van der Waals surface area (Å²) in [5, 5.41) is 0. The minimum absolute atomic E-state index is 0.365. The molecule has 3 atom stereocenters. The first-order valence-corrected chi connectivity index (χ1v) is 6.97. The Balaban J connectivity index is 1.94. The van der Waals surface area contributed by atoms with Gasteiger partial charge >= 0.3 is 10.3 Å². The van der Waals surface area contributed by atoms with Crippen molar-refractivity contribution >= 4 is 10.3 Å². The summed E-state index contributed by atoms with van der Waals surface area (Å²) in [4.78, 5) is 0. The second-order valence-corrected chi connectivity index (χ2v) is 6.76. The van der Waals surface area contributed by atoms with Crippen LogP contribution in [0, 0.1) is 23.2 Å². The van der Waals surface area contributed by atoms with E-state index in [9.17, 15) is 8.42 Å². The summed E-state index contributed by atoms with van der Waals surface area (Å²) < 4.78 is 32.0. The Kier molecular flexibility index (Phi) is 2.60. The van der Waals surface area contributed by atoms with Crippen molar-refractivity contribution in [2.75, 3.05) is 6.54 Å². The molecule has 3 fully saturated rings. The topological polar surface area (TPSA) is 66.4 Å². The van der Waals surface area contributed by atoms with E-state index in [1.807, 2.05) is 0 Å². The lowest BCUT2D eigenvalue weighted by Gasteiger charge is -2.60. The van der Waals surface area contributed by atoms with Crippen molar-refractivity contribution in [3.05, 3.63) is 0 Å². The third-order valence-corrected chi connectivity index (χ3v) is 5.06. The lowest BCUT2D eigenvalue weighted by molar-refractivity contribution is -0.102. The number of fused-ring (bicyclic) bond motifs is 2. The van der Waals surface area contributed by atoms with Crippen LogP contribution in [0.25, 0.3) is 0 Å². The molecule has 0 aromatic heterocycles. The molecule has 0 spiro atoms. The van der Waals surface area contributed by atoms with E-state index in [1.165, 1.54) is 12.8 Å². The molecule has 3 rings (SSSR count).